The molecule has 0 N–H and O–H groups in total. The summed E-state index contributed by atoms with van der Waals surface area (Å²) in [7, 11) is 0. The second-order valence-electron chi connectivity index (χ2n) is 8.75. The number of pyridine rings is 1. The number of likely N-dealkylation sites (tertiary alicyclic amines) is 1. The standard InChI is InChI=1S/C27H25ClN2O5/c1-17(31)20-16-30-22(14-23(20)32)19-13-21(28)25(34-12-6-11-29-10-5-9-26(29)33)15-24(19)35-27(30)18-7-3-2-4-8-18/h2-4,7-8,13-16,27H,5-6,9-12H2,1H3. The summed E-state index contributed by atoms with van der Waals surface area (Å²) in [6.45, 7) is 3.24. The van der Waals surface area contributed by atoms with Gasteiger partial charge >= 0.3 is 0 Å². The number of fused-ring (bicyclic) bond motifs is 3. The molecule has 35 heavy (non-hydrogen) atoms. The minimum absolute atomic E-state index is 0.101. The largest absolute Gasteiger partial charge is 0.492 e. The second-order valence-corrected chi connectivity index (χ2v) is 9.15. The number of aromatic nitrogens is 1. The van der Waals surface area contributed by atoms with Crippen LogP contribution in [-0.4, -0.2) is 40.9 Å². The lowest BCUT2D eigenvalue weighted by Crippen LogP contribution is -2.27. The average Bonchev–Trinajstić information content (AvgIpc) is 3.26. The number of Topliss-reactive ketones (excluding diaryl/α,β-unsaturated/α-hetero) is 1. The second kappa shape index (κ2) is 9.58. The Kier molecular flexibility index (Phi) is 6.34. The van der Waals surface area contributed by atoms with Crippen LogP contribution in [0.2, 0.25) is 5.02 Å². The van der Waals surface area contributed by atoms with Crippen LogP contribution in [-0.2, 0) is 4.79 Å². The Morgan fingerprint density at radius 2 is 1.97 bits per heavy atom. The number of amides is 1. The van der Waals surface area contributed by atoms with Gasteiger partial charge < -0.3 is 18.9 Å². The van der Waals surface area contributed by atoms with E-state index in [0.29, 0.717) is 53.8 Å². The van der Waals surface area contributed by atoms with Gasteiger partial charge in [0.05, 0.1) is 22.9 Å². The van der Waals surface area contributed by atoms with Crippen LogP contribution in [0.15, 0.2) is 59.5 Å². The van der Waals surface area contributed by atoms with Crippen LogP contribution >= 0.6 is 11.6 Å². The SMILES string of the molecule is CC(=O)c1cn2c(cc1=O)-c1cc(Cl)c(OCCCN3CCCC3=O)cc1OC2c1ccccc1. The van der Waals surface area contributed by atoms with Crippen molar-refractivity contribution in [3.05, 3.63) is 81.1 Å². The molecule has 3 aromatic rings. The zero-order valence-corrected chi connectivity index (χ0v) is 20.1. The molecule has 1 aromatic heterocycles. The van der Waals surface area contributed by atoms with E-state index in [0.717, 1.165) is 18.5 Å². The van der Waals surface area contributed by atoms with E-state index in [1.54, 1.807) is 22.9 Å². The van der Waals surface area contributed by atoms with Gasteiger partial charge in [-0.05, 0) is 25.8 Å². The van der Waals surface area contributed by atoms with Gasteiger partial charge in [0, 0.05) is 49.0 Å². The first-order chi connectivity index (χ1) is 16.9. The topological polar surface area (TPSA) is 77.8 Å². The highest BCUT2D eigenvalue weighted by Gasteiger charge is 2.29. The van der Waals surface area contributed by atoms with Crippen molar-refractivity contribution in [2.24, 2.45) is 0 Å². The smallest absolute Gasteiger partial charge is 0.222 e. The summed E-state index contributed by atoms with van der Waals surface area (Å²) in [6, 6.07) is 14.5. The summed E-state index contributed by atoms with van der Waals surface area (Å²) in [5, 5.41) is 0.386. The minimum atomic E-state index is -0.576. The van der Waals surface area contributed by atoms with Gasteiger partial charge in [-0.25, -0.2) is 0 Å². The first-order valence-corrected chi connectivity index (χ1v) is 12.0. The number of carbonyl (C=O) groups is 2. The first-order valence-electron chi connectivity index (χ1n) is 11.7. The van der Waals surface area contributed by atoms with E-state index in [-0.39, 0.29) is 22.7 Å². The van der Waals surface area contributed by atoms with Gasteiger partial charge in [0.25, 0.3) is 0 Å². The maximum atomic E-state index is 12.7. The van der Waals surface area contributed by atoms with Gasteiger partial charge in [0.15, 0.2) is 11.2 Å². The summed E-state index contributed by atoms with van der Waals surface area (Å²) in [5.74, 6) is 0.892. The molecule has 0 spiro atoms. The number of nitrogens with zero attached hydrogens (tertiary/aromatic N) is 2. The molecular formula is C27H25ClN2O5. The molecule has 1 fully saturated rings. The third-order valence-electron chi connectivity index (χ3n) is 6.35. The molecule has 2 aliphatic rings. The molecule has 1 saturated heterocycles. The highest BCUT2D eigenvalue weighted by molar-refractivity contribution is 6.32. The molecule has 2 aliphatic heterocycles. The van der Waals surface area contributed by atoms with E-state index < -0.39 is 6.23 Å². The fraction of sp³-hybridized carbons (Fsp3) is 0.296. The fourth-order valence-corrected chi connectivity index (χ4v) is 4.79. The lowest BCUT2D eigenvalue weighted by atomic mass is 10.0. The summed E-state index contributed by atoms with van der Waals surface area (Å²) in [5.41, 5.74) is 1.87. The molecule has 0 radical (unpaired) electrons. The number of halogens is 1. The highest BCUT2D eigenvalue weighted by Crippen LogP contribution is 2.44. The molecule has 0 bridgehead atoms. The lowest BCUT2D eigenvalue weighted by Gasteiger charge is -2.32. The molecule has 8 heteroatoms. The van der Waals surface area contributed by atoms with Crippen LogP contribution in [0.5, 0.6) is 11.5 Å². The summed E-state index contributed by atoms with van der Waals surface area (Å²) >= 11 is 6.55. The van der Waals surface area contributed by atoms with Crippen molar-refractivity contribution in [3.63, 3.8) is 0 Å². The molecule has 1 unspecified atom stereocenters. The quantitative estimate of drug-likeness (QED) is 0.353. The molecule has 0 aliphatic carbocycles. The highest BCUT2D eigenvalue weighted by atomic mass is 35.5. The predicted octanol–water partition coefficient (Wildman–Crippen LogP) is 4.70. The number of carbonyl (C=O) groups excluding carboxylic acids is 2. The summed E-state index contributed by atoms with van der Waals surface area (Å²) in [4.78, 5) is 38.4. The minimum Gasteiger partial charge on any atom is -0.492 e. The fourth-order valence-electron chi connectivity index (χ4n) is 4.57. The van der Waals surface area contributed by atoms with Crippen LogP contribution < -0.4 is 14.9 Å². The van der Waals surface area contributed by atoms with Crippen molar-refractivity contribution >= 4 is 23.3 Å². The summed E-state index contributed by atoms with van der Waals surface area (Å²) in [6.07, 6.45) is 3.20. The molecule has 3 heterocycles. The van der Waals surface area contributed by atoms with Crippen molar-refractivity contribution in [1.29, 1.82) is 0 Å². The predicted molar refractivity (Wildman–Crippen MR) is 132 cm³/mol. The molecule has 2 aromatic carbocycles. The van der Waals surface area contributed by atoms with Crippen molar-refractivity contribution in [2.75, 3.05) is 19.7 Å². The number of benzene rings is 2. The molecule has 5 rings (SSSR count). The van der Waals surface area contributed by atoms with Crippen molar-refractivity contribution < 1.29 is 19.1 Å². The maximum Gasteiger partial charge on any atom is 0.222 e. The van der Waals surface area contributed by atoms with Crippen LogP contribution in [0.4, 0.5) is 0 Å². The third-order valence-corrected chi connectivity index (χ3v) is 6.64. The maximum absolute atomic E-state index is 12.7. The Morgan fingerprint density at radius 3 is 2.69 bits per heavy atom. The molecule has 0 saturated carbocycles. The number of rotatable bonds is 7. The van der Waals surface area contributed by atoms with E-state index in [1.165, 1.54) is 13.0 Å². The van der Waals surface area contributed by atoms with Crippen LogP contribution in [0.25, 0.3) is 11.3 Å². The first kappa shape index (κ1) is 23.2. The van der Waals surface area contributed by atoms with Crippen molar-refractivity contribution in [3.8, 4) is 22.8 Å². The Balaban J connectivity index is 1.46. The number of ketones is 1. The van der Waals surface area contributed by atoms with Gasteiger partial charge in [-0.2, -0.15) is 0 Å². The Morgan fingerprint density at radius 1 is 1.17 bits per heavy atom. The molecular weight excluding hydrogens is 468 g/mol. The van der Waals surface area contributed by atoms with Gasteiger partial charge in [-0.15, -0.1) is 0 Å². The number of ether oxygens (including phenoxy) is 2. The van der Waals surface area contributed by atoms with Crippen LogP contribution in [0.1, 0.15) is 48.3 Å². The normalized spacial score (nSPS) is 16.5. The van der Waals surface area contributed by atoms with E-state index in [4.69, 9.17) is 21.1 Å². The van der Waals surface area contributed by atoms with Gasteiger partial charge in [0.1, 0.15) is 11.5 Å². The van der Waals surface area contributed by atoms with Gasteiger partial charge in [0.2, 0.25) is 12.1 Å². The van der Waals surface area contributed by atoms with Gasteiger partial charge in [-0.1, -0.05) is 41.9 Å². The van der Waals surface area contributed by atoms with E-state index in [1.807, 2.05) is 35.2 Å². The Labute approximate surface area is 207 Å². The van der Waals surface area contributed by atoms with Gasteiger partial charge in [-0.3, -0.25) is 14.4 Å². The van der Waals surface area contributed by atoms with Crippen molar-refractivity contribution in [1.82, 2.24) is 9.47 Å². The van der Waals surface area contributed by atoms with Crippen LogP contribution in [0.3, 0.4) is 0 Å². The van der Waals surface area contributed by atoms with Crippen molar-refractivity contribution in [2.45, 2.75) is 32.4 Å². The monoisotopic (exact) mass is 492 g/mol. The van der Waals surface area contributed by atoms with E-state index in [2.05, 4.69) is 0 Å². The zero-order valence-electron chi connectivity index (χ0n) is 19.3. The lowest BCUT2D eigenvalue weighted by molar-refractivity contribution is -0.127. The van der Waals surface area contributed by atoms with Crippen LogP contribution in [0, 0.1) is 0 Å². The third kappa shape index (κ3) is 4.56. The number of hydrogen-bond acceptors (Lipinski definition) is 5. The molecule has 1 atom stereocenters. The summed E-state index contributed by atoms with van der Waals surface area (Å²) < 4.78 is 14.1. The Bertz CT molecular complexity index is 1350. The average molecular weight is 493 g/mol. The molecule has 180 valence electrons. The number of hydrogen-bond donors (Lipinski definition) is 0. The molecule has 7 nitrogen and oxygen atoms in total. The zero-order chi connectivity index (χ0) is 24.5. The Hall–Kier alpha value is -3.58. The van der Waals surface area contributed by atoms with E-state index >= 15 is 0 Å². The molecule has 1 amide bonds. The van der Waals surface area contributed by atoms with E-state index in [9.17, 15) is 14.4 Å².